The fraction of sp³-hybridized carbons (Fsp3) is 0.179. The molecule has 0 aliphatic carbocycles. The largest absolute Gasteiger partial charge is 0.490 e. The molecule has 0 fully saturated rings. The molecular formula is C28H26N4O5. The van der Waals surface area contributed by atoms with Gasteiger partial charge in [0, 0.05) is 18.2 Å². The number of para-hydroxylation sites is 2. The minimum absolute atomic E-state index is 0.0269. The number of benzene rings is 2. The molecule has 1 amide bonds. The highest BCUT2D eigenvalue weighted by Gasteiger charge is 2.10. The molecule has 188 valence electrons. The third kappa shape index (κ3) is 7.35. The van der Waals surface area contributed by atoms with E-state index in [9.17, 15) is 9.59 Å². The van der Waals surface area contributed by atoms with E-state index in [0.29, 0.717) is 47.4 Å². The van der Waals surface area contributed by atoms with Crippen LogP contribution in [0.15, 0.2) is 79.4 Å². The lowest BCUT2D eigenvalue weighted by Crippen LogP contribution is -2.14. The predicted molar refractivity (Wildman–Crippen MR) is 138 cm³/mol. The number of hydrogen-bond acceptors (Lipinski definition) is 7. The zero-order chi connectivity index (χ0) is 26.0. The standard InChI is InChI=1S/C28H26N4O5/c1-2-36-24-5-3-4-6-25(24)37-22-14-21(15-29-16-22)23-17-30-18-26(31-23)32-27(33)12-11-19-7-9-20(10-8-19)13-28(34)35/h3-10,14-18H,2,11-13H2,1H3,(H,34,35)(H,31,32,33). The van der Waals surface area contributed by atoms with Gasteiger partial charge < -0.3 is 19.9 Å². The number of aromatic nitrogens is 3. The maximum atomic E-state index is 12.5. The van der Waals surface area contributed by atoms with Crippen LogP contribution < -0.4 is 14.8 Å². The van der Waals surface area contributed by atoms with Crippen molar-refractivity contribution in [1.29, 1.82) is 0 Å². The summed E-state index contributed by atoms with van der Waals surface area (Å²) in [7, 11) is 0. The Balaban J connectivity index is 1.38. The second-order valence-electron chi connectivity index (χ2n) is 8.12. The van der Waals surface area contributed by atoms with E-state index >= 15 is 0 Å². The van der Waals surface area contributed by atoms with Crippen LogP contribution in [0, 0.1) is 0 Å². The molecule has 0 atom stereocenters. The third-order valence-corrected chi connectivity index (χ3v) is 5.31. The summed E-state index contributed by atoms with van der Waals surface area (Å²) in [5, 5.41) is 11.6. The number of rotatable bonds is 11. The van der Waals surface area contributed by atoms with Crippen LogP contribution in [0.5, 0.6) is 17.2 Å². The highest BCUT2D eigenvalue weighted by molar-refractivity contribution is 5.90. The monoisotopic (exact) mass is 498 g/mol. The van der Waals surface area contributed by atoms with Crippen LogP contribution in [0.3, 0.4) is 0 Å². The lowest BCUT2D eigenvalue weighted by atomic mass is 10.1. The first-order valence-electron chi connectivity index (χ1n) is 11.8. The number of carboxylic acids is 1. The average molecular weight is 499 g/mol. The molecule has 0 radical (unpaired) electrons. The van der Waals surface area contributed by atoms with Crippen LogP contribution in [0.1, 0.15) is 24.5 Å². The second-order valence-corrected chi connectivity index (χ2v) is 8.12. The van der Waals surface area contributed by atoms with Crippen molar-refractivity contribution in [2.45, 2.75) is 26.2 Å². The summed E-state index contributed by atoms with van der Waals surface area (Å²) in [6.45, 7) is 2.43. The Hall–Kier alpha value is -4.79. The van der Waals surface area contributed by atoms with Crippen molar-refractivity contribution < 1.29 is 24.2 Å². The van der Waals surface area contributed by atoms with Gasteiger partial charge in [-0.1, -0.05) is 36.4 Å². The minimum Gasteiger partial charge on any atom is -0.490 e. The first-order valence-corrected chi connectivity index (χ1v) is 11.8. The third-order valence-electron chi connectivity index (χ3n) is 5.31. The summed E-state index contributed by atoms with van der Waals surface area (Å²) in [5.74, 6) is 0.965. The van der Waals surface area contributed by atoms with Crippen molar-refractivity contribution in [2.24, 2.45) is 0 Å². The van der Waals surface area contributed by atoms with Gasteiger partial charge in [0.2, 0.25) is 5.91 Å². The first kappa shape index (κ1) is 25.3. The Kier molecular flexibility index (Phi) is 8.38. The molecule has 9 nitrogen and oxygen atoms in total. The van der Waals surface area contributed by atoms with Gasteiger partial charge in [0.15, 0.2) is 17.3 Å². The van der Waals surface area contributed by atoms with Crippen LogP contribution in [-0.4, -0.2) is 38.5 Å². The van der Waals surface area contributed by atoms with Crippen LogP contribution in [0.25, 0.3) is 11.3 Å². The van der Waals surface area contributed by atoms with E-state index in [1.165, 1.54) is 6.20 Å². The number of nitrogens with one attached hydrogen (secondary N) is 1. The molecule has 2 aromatic carbocycles. The lowest BCUT2D eigenvalue weighted by molar-refractivity contribution is -0.136. The van der Waals surface area contributed by atoms with E-state index in [-0.39, 0.29) is 18.7 Å². The number of anilines is 1. The summed E-state index contributed by atoms with van der Waals surface area (Å²) in [6.07, 6.45) is 7.04. The Morgan fingerprint density at radius 1 is 0.919 bits per heavy atom. The van der Waals surface area contributed by atoms with Gasteiger partial charge in [-0.3, -0.25) is 19.6 Å². The smallest absolute Gasteiger partial charge is 0.307 e. The normalized spacial score (nSPS) is 10.5. The predicted octanol–water partition coefficient (Wildman–Crippen LogP) is 4.93. The highest BCUT2D eigenvalue weighted by atomic mass is 16.5. The minimum atomic E-state index is -0.877. The van der Waals surface area contributed by atoms with E-state index in [4.69, 9.17) is 14.6 Å². The zero-order valence-corrected chi connectivity index (χ0v) is 20.3. The van der Waals surface area contributed by atoms with Crippen LogP contribution >= 0.6 is 0 Å². The molecule has 2 heterocycles. The summed E-state index contributed by atoms with van der Waals surface area (Å²) < 4.78 is 11.6. The Labute approximate surface area is 214 Å². The van der Waals surface area contributed by atoms with Crippen molar-refractivity contribution >= 4 is 17.7 Å². The van der Waals surface area contributed by atoms with Crippen LogP contribution in [-0.2, 0) is 22.4 Å². The molecular weight excluding hydrogens is 472 g/mol. The molecule has 0 saturated carbocycles. The molecule has 0 saturated heterocycles. The second kappa shape index (κ2) is 12.3. The summed E-state index contributed by atoms with van der Waals surface area (Å²) in [5.41, 5.74) is 2.87. The Morgan fingerprint density at radius 3 is 2.41 bits per heavy atom. The molecule has 2 N–H and O–H groups in total. The molecule has 9 heteroatoms. The number of aryl methyl sites for hydroxylation is 1. The molecule has 4 aromatic rings. The quantitative estimate of drug-likeness (QED) is 0.298. The topological polar surface area (TPSA) is 124 Å². The maximum absolute atomic E-state index is 12.5. The molecule has 4 rings (SSSR count). The van der Waals surface area contributed by atoms with Crippen molar-refractivity contribution in [1.82, 2.24) is 15.0 Å². The number of hydrogen-bond donors (Lipinski definition) is 2. The summed E-state index contributed by atoms with van der Waals surface area (Å²) in [4.78, 5) is 36.3. The fourth-order valence-corrected chi connectivity index (χ4v) is 3.58. The van der Waals surface area contributed by atoms with Gasteiger partial charge in [-0.2, -0.15) is 0 Å². The highest BCUT2D eigenvalue weighted by Crippen LogP contribution is 2.32. The molecule has 0 spiro atoms. The van der Waals surface area contributed by atoms with Crippen molar-refractivity contribution in [2.75, 3.05) is 11.9 Å². The SMILES string of the molecule is CCOc1ccccc1Oc1cncc(-c2cncc(NC(=O)CCc3ccc(CC(=O)O)cc3)n2)c1. The van der Waals surface area contributed by atoms with E-state index in [0.717, 1.165) is 11.1 Å². The molecule has 0 aliphatic rings. The Morgan fingerprint density at radius 2 is 1.65 bits per heavy atom. The number of carboxylic acid groups (broad SMARTS) is 1. The van der Waals surface area contributed by atoms with Gasteiger partial charge in [-0.05, 0) is 42.7 Å². The van der Waals surface area contributed by atoms with Gasteiger partial charge in [0.1, 0.15) is 5.75 Å². The van der Waals surface area contributed by atoms with Gasteiger partial charge >= 0.3 is 5.97 Å². The van der Waals surface area contributed by atoms with Gasteiger partial charge in [-0.25, -0.2) is 4.98 Å². The first-order chi connectivity index (χ1) is 18.0. The number of carbonyl (C=O) groups is 2. The molecule has 0 bridgehead atoms. The van der Waals surface area contributed by atoms with Gasteiger partial charge in [0.05, 0.1) is 37.3 Å². The number of carbonyl (C=O) groups excluding carboxylic acids is 1. The molecule has 0 unspecified atom stereocenters. The van der Waals surface area contributed by atoms with Gasteiger partial charge in [0.25, 0.3) is 0 Å². The Bertz CT molecular complexity index is 1380. The number of aliphatic carboxylic acids is 1. The van der Waals surface area contributed by atoms with Crippen molar-refractivity contribution in [3.8, 4) is 28.5 Å². The van der Waals surface area contributed by atoms with Crippen LogP contribution in [0.4, 0.5) is 5.82 Å². The van der Waals surface area contributed by atoms with Gasteiger partial charge in [-0.15, -0.1) is 0 Å². The number of nitrogens with zero attached hydrogens (tertiary/aromatic N) is 3. The van der Waals surface area contributed by atoms with Crippen molar-refractivity contribution in [3.63, 3.8) is 0 Å². The molecule has 2 aromatic heterocycles. The zero-order valence-electron chi connectivity index (χ0n) is 20.3. The van der Waals surface area contributed by atoms with Crippen molar-refractivity contribution in [3.05, 3.63) is 90.5 Å². The number of pyridine rings is 1. The van der Waals surface area contributed by atoms with E-state index in [1.54, 1.807) is 36.8 Å². The molecule has 0 aliphatic heterocycles. The number of ether oxygens (including phenoxy) is 2. The van der Waals surface area contributed by atoms with Crippen LogP contribution in [0.2, 0.25) is 0 Å². The summed E-state index contributed by atoms with van der Waals surface area (Å²) in [6, 6.07) is 16.4. The maximum Gasteiger partial charge on any atom is 0.307 e. The lowest BCUT2D eigenvalue weighted by Gasteiger charge is -2.12. The van der Waals surface area contributed by atoms with E-state index < -0.39 is 5.97 Å². The fourth-order valence-electron chi connectivity index (χ4n) is 3.58. The van der Waals surface area contributed by atoms with E-state index in [1.807, 2.05) is 43.3 Å². The van der Waals surface area contributed by atoms with E-state index in [2.05, 4.69) is 20.3 Å². The molecule has 37 heavy (non-hydrogen) atoms. The summed E-state index contributed by atoms with van der Waals surface area (Å²) >= 11 is 0. The number of amides is 1. The average Bonchev–Trinajstić information content (AvgIpc) is 2.90.